The van der Waals surface area contributed by atoms with Crippen LogP contribution in [0.3, 0.4) is 0 Å². The molecule has 1 heterocycles. The first-order valence-corrected chi connectivity index (χ1v) is 9.17. The van der Waals surface area contributed by atoms with Gasteiger partial charge in [0.25, 0.3) is 5.91 Å². The summed E-state index contributed by atoms with van der Waals surface area (Å²) >= 11 is 0. The summed E-state index contributed by atoms with van der Waals surface area (Å²) in [5.41, 5.74) is 4.58. The first kappa shape index (κ1) is 17.2. The summed E-state index contributed by atoms with van der Waals surface area (Å²) in [6.45, 7) is 1.48. The molecule has 0 atom stereocenters. The van der Waals surface area contributed by atoms with Gasteiger partial charge in [0.1, 0.15) is 5.75 Å². The second-order valence-corrected chi connectivity index (χ2v) is 6.64. The zero-order valence-electron chi connectivity index (χ0n) is 15.1. The molecule has 4 nitrogen and oxygen atoms in total. The zero-order valence-corrected chi connectivity index (χ0v) is 15.1. The van der Waals surface area contributed by atoms with Crippen molar-refractivity contribution in [3.05, 3.63) is 90.0 Å². The van der Waals surface area contributed by atoms with Gasteiger partial charge in [-0.25, -0.2) is 0 Å². The van der Waals surface area contributed by atoms with Crippen molar-refractivity contribution >= 4 is 17.3 Å². The van der Waals surface area contributed by atoms with Gasteiger partial charge in [0.2, 0.25) is 0 Å². The highest BCUT2D eigenvalue weighted by atomic mass is 16.5. The molecule has 1 amide bonds. The highest BCUT2D eigenvalue weighted by molar-refractivity contribution is 5.78. The number of nitrogens with one attached hydrogen (secondary N) is 1. The molecule has 0 saturated heterocycles. The normalized spacial score (nSPS) is 13.0. The van der Waals surface area contributed by atoms with E-state index in [1.807, 2.05) is 65.6 Å². The Bertz CT molecular complexity index is 907. The van der Waals surface area contributed by atoms with Gasteiger partial charge in [0, 0.05) is 24.5 Å². The number of hydrogen-bond acceptors (Lipinski definition) is 3. The van der Waals surface area contributed by atoms with Crippen molar-refractivity contribution in [2.24, 2.45) is 0 Å². The van der Waals surface area contributed by atoms with Gasteiger partial charge in [-0.2, -0.15) is 0 Å². The summed E-state index contributed by atoms with van der Waals surface area (Å²) in [4.78, 5) is 14.3. The molecule has 1 aliphatic rings. The Morgan fingerprint density at radius 1 is 0.852 bits per heavy atom. The van der Waals surface area contributed by atoms with Gasteiger partial charge in [-0.3, -0.25) is 4.79 Å². The van der Waals surface area contributed by atoms with Crippen molar-refractivity contribution in [1.29, 1.82) is 0 Å². The Labute approximate surface area is 159 Å². The second-order valence-electron chi connectivity index (χ2n) is 6.64. The lowest BCUT2D eigenvalue weighted by atomic mass is 10.00. The molecule has 0 unspecified atom stereocenters. The fourth-order valence-electron chi connectivity index (χ4n) is 3.27. The molecule has 0 spiro atoms. The van der Waals surface area contributed by atoms with Crippen LogP contribution in [0.25, 0.3) is 0 Å². The third-order valence-electron chi connectivity index (χ3n) is 4.76. The summed E-state index contributed by atoms with van der Waals surface area (Å²) in [5.74, 6) is 0.718. The van der Waals surface area contributed by atoms with Gasteiger partial charge in [-0.05, 0) is 53.9 Å². The molecular formula is C23H22N2O2. The number of carbonyl (C=O) groups excluding carboxylic acids is 1. The minimum absolute atomic E-state index is 0.0241. The molecule has 4 rings (SSSR count). The zero-order chi connectivity index (χ0) is 18.5. The van der Waals surface area contributed by atoms with Crippen LogP contribution in [0.5, 0.6) is 5.75 Å². The summed E-state index contributed by atoms with van der Waals surface area (Å²) in [6.07, 6.45) is 0.905. The van der Waals surface area contributed by atoms with Gasteiger partial charge >= 0.3 is 0 Å². The Kier molecular flexibility index (Phi) is 5.06. The van der Waals surface area contributed by atoms with Gasteiger partial charge in [-0.15, -0.1) is 0 Å². The number of nitrogens with zero attached hydrogens (tertiary/aromatic N) is 1. The number of amides is 1. The van der Waals surface area contributed by atoms with Crippen molar-refractivity contribution in [1.82, 2.24) is 4.90 Å². The van der Waals surface area contributed by atoms with Crippen molar-refractivity contribution in [3.8, 4) is 5.75 Å². The molecular weight excluding hydrogens is 336 g/mol. The predicted octanol–water partition coefficient (Wildman–Crippen LogP) is 4.39. The third-order valence-corrected chi connectivity index (χ3v) is 4.76. The Balaban J connectivity index is 1.30. The van der Waals surface area contributed by atoms with E-state index in [2.05, 4.69) is 23.5 Å². The Hall–Kier alpha value is -3.27. The van der Waals surface area contributed by atoms with Crippen LogP contribution in [0.15, 0.2) is 78.9 Å². The molecule has 1 N–H and O–H groups in total. The van der Waals surface area contributed by atoms with Gasteiger partial charge in [0.15, 0.2) is 6.61 Å². The minimum atomic E-state index is 0.0241. The molecule has 0 aliphatic carbocycles. The molecule has 3 aromatic rings. The molecule has 3 aromatic carbocycles. The van der Waals surface area contributed by atoms with E-state index in [0.29, 0.717) is 12.3 Å². The number of anilines is 2. The smallest absolute Gasteiger partial charge is 0.260 e. The van der Waals surface area contributed by atoms with Crippen LogP contribution in [0.2, 0.25) is 0 Å². The Morgan fingerprint density at radius 2 is 1.52 bits per heavy atom. The number of ether oxygens (including phenoxy) is 1. The van der Waals surface area contributed by atoms with Gasteiger partial charge < -0.3 is 15.0 Å². The first-order chi connectivity index (χ1) is 13.3. The van der Waals surface area contributed by atoms with Crippen LogP contribution in [0.1, 0.15) is 11.1 Å². The van der Waals surface area contributed by atoms with E-state index >= 15 is 0 Å². The maximum atomic E-state index is 12.5. The summed E-state index contributed by atoms with van der Waals surface area (Å²) in [5, 5.41) is 3.33. The highest BCUT2D eigenvalue weighted by Gasteiger charge is 2.20. The van der Waals surface area contributed by atoms with Crippen LogP contribution >= 0.6 is 0 Å². The number of para-hydroxylation sites is 1. The molecule has 0 aromatic heterocycles. The average Bonchev–Trinajstić information content (AvgIpc) is 2.73. The standard InChI is InChI=1S/C23H22N2O2/c26-23(25-15-14-18-6-4-5-7-19(18)16-25)17-27-22-12-10-21(11-13-22)24-20-8-2-1-3-9-20/h1-13,24H,14-17H2. The molecule has 0 fully saturated rings. The minimum Gasteiger partial charge on any atom is -0.484 e. The van der Waals surface area contributed by atoms with E-state index in [-0.39, 0.29) is 12.5 Å². The average molecular weight is 358 g/mol. The van der Waals surface area contributed by atoms with E-state index < -0.39 is 0 Å². The van der Waals surface area contributed by atoms with Crippen molar-refractivity contribution in [2.75, 3.05) is 18.5 Å². The molecule has 136 valence electrons. The van der Waals surface area contributed by atoms with Crippen LogP contribution in [0.4, 0.5) is 11.4 Å². The number of hydrogen-bond donors (Lipinski definition) is 1. The summed E-state index contributed by atoms with van der Waals surface area (Å²) in [7, 11) is 0. The third kappa shape index (κ3) is 4.29. The molecule has 0 bridgehead atoms. The van der Waals surface area contributed by atoms with Gasteiger partial charge in [0.05, 0.1) is 0 Å². The van der Waals surface area contributed by atoms with Crippen LogP contribution in [0, 0.1) is 0 Å². The second kappa shape index (κ2) is 7.96. The quantitative estimate of drug-likeness (QED) is 0.735. The fraction of sp³-hybridized carbons (Fsp3) is 0.174. The van der Waals surface area contributed by atoms with Crippen molar-refractivity contribution < 1.29 is 9.53 Å². The lowest BCUT2D eigenvalue weighted by Crippen LogP contribution is -2.38. The number of benzene rings is 3. The monoisotopic (exact) mass is 358 g/mol. The lowest BCUT2D eigenvalue weighted by molar-refractivity contribution is -0.134. The van der Waals surface area contributed by atoms with Crippen LogP contribution in [-0.4, -0.2) is 24.0 Å². The molecule has 4 heteroatoms. The number of carbonyl (C=O) groups is 1. The summed E-state index contributed by atoms with van der Waals surface area (Å²) < 4.78 is 5.70. The highest BCUT2D eigenvalue weighted by Crippen LogP contribution is 2.21. The van der Waals surface area contributed by atoms with E-state index in [0.717, 1.165) is 24.3 Å². The van der Waals surface area contributed by atoms with Crippen molar-refractivity contribution in [3.63, 3.8) is 0 Å². The fourth-order valence-corrected chi connectivity index (χ4v) is 3.27. The maximum absolute atomic E-state index is 12.5. The number of fused-ring (bicyclic) bond motifs is 1. The lowest BCUT2D eigenvalue weighted by Gasteiger charge is -2.28. The largest absolute Gasteiger partial charge is 0.484 e. The summed E-state index contributed by atoms with van der Waals surface area (Å²) in [6, 6.07) is 26.0. The molecule has 27 heavy (non-hydrogen) atoms. The van der Waals surface area contributed by atoms with Crippen molar-refractivity contribution in [2.45, 2.75) is 13.0 Å². The topological polar surface area (TPSA) is 41.6 Å². The predicted molar refractivity (Wildman–Crippen MR) is 107 cm³/mol. The van der Waals surface area contributed by atoms with E-state index in [1.165, 1.54) is 11.1 Å². The maximum Gasteiger partial charge on any atom is 0.260 e. The molecule has 0 radical (unpaired) electrons. The van der Waals surface area contributed by atoms with E-state index in [9.17, 15) is 4.79 Å². The number of rotatable bonds is 5. The Morgan fingerprint density at radius 3 is 2.30 bits per heavy atom. The molecule has 0 saturated carbocycles. The van der Waals surface area contributed by atoms with E-state index in [1.54, 1.807) is 0 Å². The van der Waals surface area contributed by atoms with Crippen LogP contribution in [-0.2, 0) is 17.8 Å². The molecule has 1 aliphatic heterocycles. The van der Waals surface area contributed by atoms with E-state index in [4.69, 9.17) is 4.74 Å². The van der Waals surface area contributed by atoms with Gasteiger partial charge in [-0.1, -0.05) is 42.5 Å². The first-order valence-electron chi connectivity index (χ1n) is 9.17. The SMILES string of the molecule is O=C(COc1ccc(Nc2ccccc2)cc1)N1CCc2ccccc2C1. The van der Waals surface area contributed by atoms with Crippen LogP contribution < -0.4 is 10.1 Å².